The molecule has 2 amide bonds. The minimum atomic E-state index is -0.491. The summed E-state index contributed by atoms with van der Waals surface area (Å²) in [5.74, 6) is 1.20. The number of carbonyl (C=O) groups excluding carboxylic acids is 2. The smallest absolute Gasteiger partial charge is 0.245 e. The lowest BCUT2D eigenvalue weighted by Gasteiger charge is -2.29. The van der Waals surface area contributed by atoms with E-state index in [1.165, 1.54) is 0 Å². The number of rotatable bonds is 10. The first-order valence-corrected chi connectivity index (χ1v) is 12.9. The van der Waals surface area contributed by atoms with Gasteiger partial charge in [0.1, 0.15) is 12.4 Å². The molecule has 0 saturated carbocycles. The number of methoxy groups -OCH3 is 2. The van der Waals surface area contributed by atoms with E-state index in [2.05, 4.69) is 10.3 Å². The highest BCUT2D eigenvalue weighted by molar-refractivity contribution is 5.97. The van der Waals surface area contributed by atoms with Gasteiger partial charge >= 0.3 is 0 Å². The van der Waals surface area contributed by atoms with Gasteiger partial charge in [-0.1, -0.05) is 66.7 Å². The molecular formula is C31H34N4O4. The minimum Gasteiger partial charge on any atom is -0.493 e. The van der Waals surface area contributed by atoms with Crippen LogP contribution in [0.5, 0.6) is 11.5 Å². The van der Waals surface area contributed by atoms with Crippen LogP contribution >= 0.6 is 0 Å². The number of anilines is 1. The number of imidazole rings is 1. The van der Waals surface area contributed by atoms with E-state index in [1.807, 2.05) is 87.5 Å². The first-order valence-electron chi connectivity index (χ1n) is 12.9. The summed E-state index contributed by atoms with van der Waals surface area (Å²) in [5.41, 5.74) is 3.26. The van der Waals surface area contributed by atoms with Gasteiger partial charge in [0.05, 0.1) is 25.8 Å². The summed E-state index contributed by atoms with van der Waals surface area (Å²) in [6.07, 6.45) is 0. The van der Waals surface area contributed by atoms with Crippen LogP contribution in [-0.4, -0.2) is 53.5 Å². The molecule has 0 aliphatic carbocycles. The van der Waals surface area contributed by atoms with Crippen LogP contribution < -0.4 is 14.8 Å². The second-order valence-corrected chi connectivity index (χ2v) is 9.49. The van der Waals surface area contributed by atoms with E-state index in [0.717, 1.165) is 16.7 Å². The molecule has 0 spiro atoms. The van der Waals surface area contributed by atoms with Crippen LogP contribution in [0.4, 0.5) is 5.82 Å². The van der Waals surface area contributed by atoms with Gasteiger partial charge in [0, 0.05) is 17.2 Å². The molecule has 0 fully saturated rings. The highest BCUT2D eigenvalue weighted by Gasteiger charge is 2.27. The first-order chi connectivity index (χ1) is 18.8. The largest absolute Gasteiger partial charge is 0.493 e. The quantitative estimate of drug-likeness (QED) is 0.275. The Labute approximate surface area is 229 Å². The van der Waals surface area contributed by atoms with Crippen LogP contribution in [0.25, 0.3) is 22.6 Å². The molecule has 0 aliphatic rings. The average molecular weight is 527 g/mol. The number of benzene rings is 3. The van der Waals surface area contributed by atoms with Gasteiger partial charge in [0.2, 0.25) is 11.8 Å². The summed E-state index contributed by atoms with van der Waals surface area (Å²) >= 11 is 0. The normalized spacial score (nSPS) is 11.6. The summed E-state index contributed by atoms with van der Waals surface area (Å²) < 4.78 is 10.7. The van der Waals surface area contributed by atoms with Gasteiger partial charge in [-0.15, -0.1) is 0 Å². The maximum atomic E-state index is 13.6. The Bertz CT molecular complexity index is 1420. The van der Waals surface area contributed by atoms with Gasteiger partial charge in [0.15, 0.2) is 17.3 Å². The van der Waals surface area contributed by atoms with E-state index < -0.39 is 5.92 Å². The monoisotopic (exact) mass is 526 g/mol. The molecule has 8 heteroatoms. The Morgan fingerprint density at radius 1 is 0.872 bits per heavy atom. The van der Waals surface area contributed by atoms with E-state index in [4.69, 9.17) is 14.5 Å². The number of carbonyl (C=O) groups is 2. The first kappa shape index (κ1) is 27.4. The van der Waals surface area contributed by atoms with Gasteiger partial charge in [-0.05, 0) is 38.5 Å². The molecule has 39 heavy (non-hydrogen) atoms. The molecule has 0 saturated heterocycles. The van der Waals surface area contributed by atoms with Gasteiger partial charge in [-0.25, -0.2) is 4.98 Å². The number of hydrogen-bond donors (Lipinski definition) is 2. The van der Waals surface area contributed by atoms with E-state index in [0.29, 0.717) is 28.8 Å². The molecule has 1 heterocycles. The second kappa shape index (κ2) is 12.3. The molecule has 0 radical (unpaired) electrons. The molecule has 3 aromatic carbocycles. The predicted molar refractivity (Wildman–Crippen MR) is 153 cm³/mol. The molecule has 1 atom stereocenters. The van der Waals surface area contributed by atoms with Crippen LogP contribution in [0.2, 0.25) is 0 Å². The maximum absolute atomic E-state index is 13.6. The molecule has 8 nitrogen and oxygen atoms in total. The second-order valence-electron chi connectivity index (χ2n) is 9.49. The SMILES string of the molecule is COc1ccc(C(C)C(=O)N(CC(=O)Nc2nc(-c3ccccc3)[nH]c2-c2ccccc2)C(C)C)cc1OC. The van der Waals surface area contributed by atoms with Gasteiger partial charge in [-0.3, -0.25) is 9.59 Å². The lowest BCUT2D eigenvalue weighted by molar-refractivity contribution is -0.137. The van der Waals surface area contributed by atoms with Crippen molar-refractivity contribution in [1.29, 1.82) is 0 Å². The number of H-pyrrole nitrogens is 1. The van der Waals surface area contributed by atoms with Crippen LogP contribution in [0.3, 0.4) is 0 Å². The van der Waals surface area contributed by atoms with E-state index in [1.54, 1.807) is 31.3 Å². The summed E-state index contributed by atoms with van der Waals surface area (Å²) in [4.78, 5) is 36.5. The zero-order valence-corrected chi connectivity index (χ0v) is 22.9. The fourth-order valence-corrected chi connectivity index (χ4v) is 4.36. The van der Waals surface area contributed by atoms with Crippen molar-refractivity contribution >= 4 is 17.6 Å². The van der Waals surface area contributed by atoms with Crippen LogP contribution in [0, 0.1) is 0 Å². The lowest BCUT2D eigenvalue weighted by atomic mass is 9.98. The molecular weight excluding hydrogens is 492 g/mol. The van der Waals surface area contributed by atoms with Crippen molar-refractivity contribution in [3.05, 3.63) is 84.4 Å². The number of amides is 2. The number of hydrogen-bond acceptors (Lipinski definition) is 5. The van der Waals surface area contributed by atoms with Crippen LogP contribution in [0.1, 0.15) is 32.3 Å². The van der Waals surface area contributed by atoms with Gasteiger partial charge in [0.25, 0.3) is 0 Å². The molecule has 4 rings (SSSR count). The maximum Gasteiger partial charge on any atom is 0.245 e. The highest BCUT2D eigenvalue weighted by Crippen LogP contribution is 2.32. The number of nitrogens with zero attached hydrogens (tertiary/aromatic N) is 2. The van der Waals surface area contributed by atoms with Crippen molar-refractivity contribution in [2.45, 2.75) is 32.7 Å². The molecule has 1 unspecified atom stereocenters. The third-order valence-electron chi connectivity index (χ3n) is 6.57. The third-order valence-corrected chi connectivity index (χ3v) is 6.57. The Hall–Kier alpha value is -4.59. The van der Waals surface area contributed by atoms with Crippen molar-refractivity contribution < 1.29 is 19.1 Å². The highest BCUT2D eigenvalue weighted by atomic mass is 16.5. The molecule has 0 bridgehead atoms. The predicted octanol–water partition coefficient (Wildman–Crippen LogP) is 5.74. The Balaban J connectivity index is 1.56. The van der Waals surface area contributed by atoms with Crippen LogP contribution in [0.15, 0.2) is 78.9 Å². The van der Waals surface area contributed by atoms with E-state index in [9.17, 15) is 9.59 Å². The summed E-state index contributed by atoms with van der Waals surface area (Å²) in [7, 11) is 3.12. The summed E-state index contributed by atoms with van der Waals surface area (Å²) in [6.45, 7) is 5.49. The lowest BCUT2D eigenvalue weighted by Crippen LogP contribution is -2.44. The molecule has 4 aromatic rings. The number of aromatic nitrogens is 2. The number of nitrogens with one attached hydrogen (secondary N) is 2. The van der Waals surface area contributed by atoms with Crippen molar-refractivity contribution in [1.82, 2.24) is 14.9 Å². The van der Waals surface area contributed by atoms with Gasteiger partial charge in [-0.2, -0.15) is 0 Å². The van der Waals surface area contributed by atoms with Crippen molar-refractivity contribution in [3.63, 3.8) is 0 Å². The Morgan fingerprint density at radius 2 is 1.49 bits per heavy atom. The molecule has 1 aromatic heterocycles. The zero-order chi connectivity index (χ0) is 27.9. The average Bonchev–Trinajstić information content (AvgIpc) is 3.39. The van der Waals surface area contributed by atoms with Crippen LogP contribution in [-0.2, 0) is 9.59 Å². The molecule has 2 N–H and O–H groups in total. The summed E-state index contributed by atoms with van der Waals surface area (Å²) in [5, 5.41) is 2.94. The van der Waals surface area contributed by atoms with Gasteiger partial charge < -0.3 is 24.7 Å². The third kappa shape index (κ3) is 6.29. The van der Waals surface area contributed by atoms with Crippen molar-refractivity contribution in [2.75, 3.05) is 26.1 Å². The topological polar surface area (TPSA) is 96.5 Å². The summed E-state index contributed by atoms with van der Waals surface area (Å²) in [6, 6.07) is 24.6. The van der Waals surface area contributed by atoms with Crippen molar-refractivity contribution in [3.8, 4) is 34.1 Å². The molecule has 0 aliphatic heterocycles. The standard InChI is InChI=1S/C31H34N4O4/c1-20(2)35(31(37)21(3)24-16-17-25(38-4)26(18-24)39-5)19-27(36)32-30-28(22-12-8-6-9-13-22)33-29(34-30)23-14-10-7-11-15-23/h6-18,20-21H,19H2,1-5H3,(H,32,36)(H,33,34). The number of aromatic amines is 1. The fourth-order valence-electron chi connectivity index (χ4n) is 4.36. The van der Waals surface area contributed by atoms with E-state index >= 15 is 0 Å². The number of ether oxygens (including phenoxy) is 2. The molecule has 202 valence electrons. The minimum absolute atomic E-state index is 0.115. The van der Waals surface area contributed by atoms with E-state index in [-0.39, 0.29) is 24.4 Å². The fraction of sp³-hybridized carbons (Fsp3) is 0.258. The van der Waals surface area contributed by atoms with Crippen molar-refractivity contribution in [2.24, 2.45) is 0 Å². The Kier molecular flexibility index (Phi) is 8.66. The zero-order valence-electron chi connectivity index (χ0n) is 22.9. The Morgan fingerprint density at radius 3 is 2.08 bits per heavy atom.